The highest BCUT2D eigenvalue weighted by atomic mass is 16.5. The van der Waals surface area contributed by atoms with Gasteiger partial charge in [-0.3, -0.25) is 4.79 Å². The molecule has 1 aliphatic heterocycles. The van der Waals surface area contributed by atoms with E-state index in [1.807, 2.05) is 18.2 Å². The molecule has 0 saturated carbocycles. The predicted molar refractivity (Wildman–Crippen MR) is 50.9 cm³/mol. The number of ether oxygens (including phenoxy) is 1. The number of fused-ring (bicyclic) bond motifs is 1. The summed E-state index contributed by atoms with van der Waals surface area (Å²) in [6.45, 7) is 1.29. The summed E-state index contributed by atoms with van der Waals surface area (Å²) in [7, 11) is 0. The fourth-order valence-electron chi connectivity index (χ4n) is 1.75. The zero-order chi connectivity index (χ0) is 9.97. The minimum atomic E-state index is -0.749. The zero-order valence-electron chi connectivity index (χ0n) is 7.82. The van der Waals surface area contributed by atoms with Gasteiger partial charge in [0.15, 0.2) is 0 Å². The molecule has 3 nitrogen and oxygen atoms in total. The van der Waals surface area contributed by atoms with E-state index < -0.39 is 5.97 Å². The van der Waals surface area contributed by atoms with Gasteiger partial charge in [0.2, 0.25) is 0 Å². The van der Waals surface area contributed by atoms with Crippen LogP contribution in [0.5, 0.6) is 0 Å². The SMILES string of the molecule is O=C(O)CCc1cccc2c1COC2. The van der Waals surface area contributed by atoms with E-state index in [9.17, 15) is 4.79 Å². The van der Waals surface area contributed by atoms with Gasteiger partial charge in [-0.25, -0.2) is 0 Å². The van der Waals surface area contributed by atoms with Gasteiger partial charge in [-0.15, -0.1) is 0 Å². The number of carboxylic acid groups (broad SMARTS) is 1. The first-order valence-corrected chi connectivity index (χ1v) is 4.66. The Labute approximate surface area is 82.3 Å². The molecule has 14 heavy (non-hydrogen) atoms. The number of hydrogen-bond acceptors (Lipinski definition) is 2. The Morgan fingerprint density at radius 3 is 3.07 bits per heavy atom. The molecular weight excluding hydrogens is 180 g/mol. The molecule has 0 unspecified atom stereocenters. The summed E-state index contributed by atoms with van der Waals surface area (Å²) >= 11 is 0. The Morgan fingerprint density at radius 2 is 2.29 bits per heavy atom. The summed E-state index contributed by atoms with van der Waals surface area (Å²) in [6, 6.07) is 5.98. The Kier molecular flexibility index (Phi) is 2.50. The molecule has 0 atom stereocenters. The normalized spacial score (nSPS) is 14.0. The molecule has 0 amide bonds. The van der Waals surface area contributed by atoms with Gasteiger partial charge in [-0.05, 0) is 23.1 Å². The summed E-state index contributed by atoms with van der Waals surface area (Å²) in [5, 5.41) is 8.59. The summed E-state index contributed by atoms with van der Waals surface area (Å²) in [6.07, 6.45) is 0.790. The van der Waals surface area contributed by atoms with E-state index in [1.165, 1.54) is 11.1 Å². The molecule has 0 spiro atoms. The highest BCUT2D eigenvalue weighted by Crippen LogP contribution is 2.24. The van der Waals surface area contributed by atoms with Gasteiger partial charge in [0, 0.05) is 6.42 Å². The van der Waals surface area contributed by atoms with Crippen LogP contribution in [0.25, 0.3) is 0 Å². The van der Waals surface area contributed by atoms with Gasteiger partial charge in [-0.1, -0.05) is 18.2 Å². The van der Waals surface area contributed by atoms with Crippen LogP contribution >= 0.6 is 0 Å². The van der Waals surface area contributed by atoms with E-state index in [1.54, 1.807) is 0 Å². The molecule has 0 aromatic heterocycles. The number of hydrogen-bond donors (Lipinski definition) is 1. The molecule has 0 fully saturated rings. The number of benzene rings is 1. The van der Waals surface area contributed by atoms with Crippen molar-refractivity contribution in [2.24, 2.45) is 0 Å². The zero-order valence-corrected chi connectivity index (χ0v) is 7.82. The third-order valence-electron chi connectivity index (χ3n) is 2.48. The second-order valence-corrected chi connectivity index (χ2v) is 3.44. The molecule has 1 heterocycles. The van der Waals surface area contributed by atoms with Gasteiger partial charge < -0.3 is 9.84 Å². The second-order valence-electron chi connectivity index (χ2n) is 3.44. The van der Waals surface area contributed by atoms with Crippen molar-refractivity contribution in [1.82, 2.24) is 0 Å². The maximum Gasteiger partial charge on any atom is 0.303 e. The van der Waals surface area contributed by atoms with Gasteiger partial charge in [-0.2, -0.15) is 0 Å². The number of aliphatic carboxylic acids is 1. The van der Waals surface area contributed by atoms with Crippen LogP contribution in [0.1, 0.15) is 23.1 Å². The lowest BCUT2D eigenvalue weighted by molar-refractivity contribution is -0.136. The minimum Gasteiger partial charge on any atom is -0.481 e. The summed E-state index contributed by atoms with van der Waals surface area (Å²) in [5.74, 6) is -0.749. The van der Waals surface area contributed by atoms with E-state index in [4.69, 9.17) is 9.84 Å². The van der Waals surface area contributed by atoms with Crippen LogP contribution < -0.4 is 0 Å². The molecule has 0 radical (unpaired) electrons. The van der Waals surface area contributed by atoms with Crippen molar-refractivity contribution >= 4 is 5.97 Å². The average Bonchev–Trinajstić information content (AvgIpc) is 2.62. The minimum absolute atomic E-state index is 0.191. The number of carbonyl (C=O) groups is 1. The highest BCUT2D eigenvalue weighted by molar-refractivity contribution is 5.67. The van der Waals surface area contributed by atoms with Gasteiger partial charge in [0.1, 0.15) is 0 Å². The lowest BCUT2D eigenvalue weighted by atomic mass is 10.00. The fourth-order valence-corrected chi connectivity index (χ4v) is 1.75. The second kappa shape index (κ2) is 3.80. The van der Waals surface area contributed by atoms with Crippen LogP contribution in [0.15, 0.2) is 18.2 Å². The summed E-state index contributed by atoms with van der Waals surface area (Å²) in [4.78, 5) is 10.4. The van der Waals surface area contributed by atoms with Gasteiger partial charge >= 0.3 is 5.97 Å². The third kappa shape index (κ3) is 1.77. The van der Waals surface area contributed by atoms with Crippen LogP contribution in [0.3, 0.4) is 0 Å². The maximum absolute atomic E-state index is 10.4. The van der Waals surface area contributed by atoms with Crippen LogP contribution in [0.2, 0.25) is 0 Å². The lowest BCUT2D eigenvalue weighted by Gasteiger charge is -2.04. The Morgan fingerprint density at radius 1 is 1.43 bits per heavy atom. The Hall–Kier alpha value is -1.35. The molecule has 1 aromatic rings. The standard InChI is InChI=1S/C11H12O3/c12-11(13)5-4-8-2-1-3-9-6-14-7-10(8)9/h1-3H,4-7H2,(H,12,13). The van der Waals surface area contributed by atoms with E-state index in [0.29, 0.717) is 19.6 Å². The Balaban J connectivity index is 2.17. The molecule has 0 saturated heterocycles. The smallest absolute Gasteiger partial charge is 0.303 e. The van der Waals surface area contributed by atoms with E-state index in [0.717, 1.165) is 5.56 Å². The largest absolute Gasteiger partial charge is 0.481 e. The molecule has 0 bridgehead atoms. The van der Waals surface area contributed by atoms with Crippen molar-refractivity contribution in [3.8, 4) is 0 Å². The van der Waals surface area contributed by atoms with Crippen LogP contribution in [-0.4, -0.2) is 11.1 Å². The monoisotopic (exact) mass is 192 g/mol. The highest BCUT2D eigenvalue weighted by Gasteiger charge is 2.14. The molecule has 2 rings (SSSR count). The molecular formula is C11H12O3. The predicted octanol–water partition coefficient (Wildman–Crippen LogP) is 1.73. The molecule has 3 heteroatoms. The molecule has 1 N–H and O–H groups in total. The van der Waals surface area contributed by atoms with Crippen LogP contribution in [-0.2, 0) is 29.2 Å². The molecule has 74 valence electrons. The van der Waals surface area contributed by atoms with Crippen molar-refractivity contribution in [1.29, 1.82) is 0 Å². The first-order chi connectivity index (χ1) is 6.77. The maximum atomic E-state index is 10.4. The number of carboxylic acids is 1. The molecule has 1 aliphatic rings. The summed E-state index contributed by atoms with van der Waals surface area (Å²) in [5.41, 5.74) is 3.50. The van der Waals surface area contributed by atoms with Gasteiger partial charge in [0.05, 0.1) is 13.2 Å². The van der Waals surface area contributed by atoms with Crippen molar-refractivity contribution in [3.63, 3.8) is 0 Å². The van der Waals surface area contributed by atoms with Crippen LogP contribution in [0.4, 0.5) is 0 Å². The van der Waals surface area contributed by atoms with Crippen molar-refractivity contribution in [3.05, 3.63) is 34.9 Å². The number of aryl methyl sites for hydroxylation is 1. The van der Waals surface area contributed by atoms with Crippen LogP contribution in [0, 0.1) is 0 Å². The first-order valence-electron chi connectivity index (χ1n) is 4.66. The van der Waals surface area contributed by atoms with Crippen molar-refractivity contribution in [2.75, 3.05) is 0 Å². The topological polar surface area (TPSA) is 46.5 Å². The Bertz CT molecular complexity index is 358. The van der Waals surface area contributed by atoms with Gasteiger partial charge in [0.25, 0.3) is 0 Å². The first kappa shape index (κ1) is 9.21. The van der Waals surface area contributed by atoms with E-state index >= 15 is 0 Å². The lowest BCUT2D eigenvalue weighted by Crippen LogP contribution is -2.00. The number of rotatable bonds is 3. The van der Waals surface area contributed by atoms with Crippen molar-refractivity contribution in [2.45, 2.75) is 26.1 Å². The molecule has 1 aromatic carbocycles. The van der Waals surface area contributed by atoms with E-state index in [2.05, 4.69) is 0 Å². The fraction of sp³-hybridized carbons (Fsp3) is 0.364. The van der Waals surface area contributed by atoms with E-state index in [-0.39, 0.29) is 6.42 Å². The summed E-state index contributed by atoms with van der Waals surface area (Å²) < 4.78 is 5.31. The third-order valence-corrected chi connectivity index (χ3v) is 2.48. The van der Waals surface area contributed by atoms with Crippen molar-refractivity contribution < 1.29 is 14.6 Å². The quantitative estimate of drug-likeness (QED) is 0.793. The molecule has 0 aliphatic carbocycles. The average molecular weight is 192 g/mol.